The van der Waals surface area contributed by atoms with E-state index in [1.807, 2.05) is 0 Å². The average Bonchev–Trinajstić information content (AvgIpc) is 3.13. The Kier molecular flexibility index (Phi) is 4.80. The van der Waals surface area contributed by atoms with Crippen LogP contribution in [-0.4, -0.2) is 48.1 Å². The molecule has 1 N–H and O–H groups in total. The molecule has 1 aliphatic heterocycles. The van der Waals surface area contributed by atoms with Gasteiger partial charge in [0.1, 0.15) is 5.75 Å². The molecule has 1 fully saturated rings. The lowest BCUT2D eigenvalue weighted by Crippen LogP contribution is -2.41. The normalized spacial score (nSPS) is 16.5. The van der Waals surface area contributed by atoms with E-state index >= 15 is 0 Å². The van der Waals surface area contributed by atoms with E-state index in [9.17, 15) is 9.59 Å². The number of fused-ring (bicyclic) bond motifs is 1. The number of carbonyl (C=O) groups is 2. The number of methoxy groups -OCH3 is 1. The van der Waals surface area contributed by atoms with E-state index in [-0.39, 0.29) is 18.4 Å². The lowest BCUT2D eigenvalue weighted by atomic mass is 10.1. The molecule has 25 heavy (non-hydrogen) atoms. The predicted molar refractivity (Wildman–Crippen MR) is 92.0 cm³/mol. The molecule has 1 atom stereocenters. The molecule has 0 spiro atoms. The number of nitrogens with zero attached hydrogens (tertiary/aromatic N) is 3. The first kappa shape index (κ1) is 16.7. The molecule has 0 bridgehead atoms. The van der Waals surface area contributed by atoms with Crippen LogP contribution in [0.25, 0.3) is 15.7 Å². The van der Waals surface area contributed by atoms with E-state index in [1.54, 1.807) is 37.6 Å². The number of aromatic nitrogens is 1. The first-order valence-corrected chi connectivity index (χ1v) is 8.01. The second-order valence-electron chi connectivity index (χ2n) is 5.76. The quantitative estimate of drug-likeness (QED) is 0.863. The smallest absolute Gasteiger partial charge is 0.300 e. The highest BCUT2D eigenvalue weighted by atomic mass is 16.5. The van der Waals surface area contributed by atoms with Crippen LogP contribution in [0.5, 0.6) is 5.75 Å². The highest BCUT2D eigenvalue weighted by molar-refractivity contribution is 6.07. The van der Waals surface area contributed by atoms with Crippen LogP contribution < -0.4 is 10.1 Å². The van der Waals surface area contributed by atoms with Gasteiger partial charge in [-0.25, -0.2) is 6.57 Å². The molecule has 2 heterocycles. The Morgan fingerprint density at radius 3 is 3.04 bits per heavy atom. The Labute approximate surface area is 145 Å². The van der Waals surface area contributed by atoms with Gasteiger partial charge >= 0.3 is 6.17 Å². The van der Waals surface area contributed by atoms with Crippen molar-refractivity contribution in [2.45, 2.75) is 19.0 Å². The second kappa shape index (κ2) is 7.18. The van der Waals surface area contributed by atoms with E-state index in [1.165, 1.54) is 4.90 Å². The number of ether oxygens (including phenoxy) is 1. The number of amides is 2. The number of likely N-dealkylation sites (tertiary alicyclic amines) is 1. The zero-order chi connectivity index (χ0) is 17.8. The van der Waals surface area contributed by atoms with Gasteiger partial charge < -0.3 is 10.1 Å². The van der Waals surface area contributed by atoms with E-state index in [0.717, 1.165) is 6.42 Å². The maximum absolute atomic E-state index is 12.5. The van der Waals surface area contributed by atoms with Gasteiger partial charge in [0.2, 0.25) is 5.91 Å². The topological polar surface area (TPSA) is 75.9 Å². The zero-order valence-corrected chi connectivity index (χ0v) is 13.9. The minimum absolute atomic E-state index is 0.126. The fourth-order valence-electron chi connectivity index (χ4n) is 2.98. The summed E-state index contributed by atoms with van der Waals surface area (Å²) in [4.78, 5) is 34.0. The maximum atomic E-state index is 12.5. The fraction of sp³-hybridized carbons (Fsp3) is 0.333. The Bertz CT molecular complexity index is 859. The molecular weight excluding hydrogens is 320 g/mol. The summed E-state index contributed by atoms with van der Waals surface area (Å²) in [5, 5.41) is 3.31. The summed E-state index contributed by atoms with van der Waals surface area (Å²) >= 11 is 0. The van der Waals surface area contributed by atoms with Gasteiger partial charge in [-0.2, -0.15) is 0 Å². The van der Waals surface area contributed by atoms with Gasteiger partial charge in [0.25, 0.3) is 5.91 Å². The molecule has 128 valence electrons. The third-order valence-corrected chi connectivity index (χ3v) is 4.28. The minimum atomic E-state index is -0.407. The van der Waals surface area contributed by atoms with Crippen molar-refractivity contribution in [3.8, 4) is 5.75 Å². The fourth-order valence-corrected chi connectivity index (χ4v) is 2.98. The summed E-state index contributed by atoms with van der Waals surface area (Å²) in [5.41, 5.74) is 1.10. The van der Waals surface area contributed by atoms with Crippen LogP contribution in [0.15, 0.2) is 30.5 Å². The molecule has 3 rings (SSSR count). The highest BCUT2D eigenvalue weighted by Crippen LogP contribution is 2.22. The monoisotopic (exact) mass is 338 g/mol. The van der Waals surface area contributed by atoms with Gasteiger partial charge in [0.05, 0.1) is 24.7 Å². The molecule has 7 heteroatoms. The molecule has 0 unspecified atom stereocenters. The van der Waals surface area contributed by atoms with Gasteiger partial charge in [-0.15, -0.1) is 0 Å². The largest absolute Gasteiger partial charge is 0.497 e. The standard InChI is InChI=1S/C18H18N4O3/c1-19-16-4-3-9-22(16)17(23)11-21-18(24)13-7-8-20-15-6-5-12(25-2)10-14(13)15/h5-8,10,16H,3-4,9,11H2,2H3,(H,21,24)/t16-/m0/s1. The molecule has 2 aromatic rings. The number of nitrogens with one attached hydrogen (secondary N) is 1. The summed E-state index contributed by atoms with van der Waals surface area (Å²) in [5.74, 6) is 0.0398. The molecule has 1 aromatic carbocycles. The second-order valence-corrected chi connectivity index (χ2v) is 5.76. The number of hydrogen-bond acceptors (Lipinski definition) is 4. The van der Waals surface area contributed by atoms with Crippen molar-refractivity contribution in [2.24, 2.45) is 0 Å². The molecule has 1 aliphatic rings. The van der Waals surface area contributed by atoms with E-state index in [0.29, 0.717) is 35.2 Å². The lowest BCUT2D eigenvalue weighted by Gasteiger charge is -2.16. The molecule has 1 saturated heterocycles. The van der Waals surface area contributed by atoms with Crippen molar-refractivity contribution in [1.29, 1.82) is 0 Å². The Morgan fingerprint density at radius 1 is 1.44 bits per heavy atom. The van der Waals surface area contributed by atoms with Gasteiger partial charge in [0.15, 0.2) is 0 Å². The van der Waals surface area contributed by atoms with Crippen molar-refractivity contribution >= 4 is 22.7 Å². The summed E-state index contributed by atoms with van der Waals surface area (Å²) in [6.45, 7) is 7.57. The van der Waals surface area contributed by atoms with E-state index < -0.39 is 6.17 Å². The van der Waals surface area contributed by atoms with Crippen LogP contribution in [0.2, 0.25) is 0 Å². The highest BCUT2D eigenvalue weighted by Gasteiger charge is 2.32. The summed E-state index contributed by atoms with van der Waals surface area (Å²) in [7, 11) is 1.56. The molecular formula is C18H18N4O3. The Hall–Kier alpha value is -3.14. The van der Waals surface area contributed by atoms with Crippen LogP contribution >= 0.6 is 0 Å². The number of pyridine rings is 1. The van der Waals surface area contributed by atoms with Gasteiger partial charge in [-0.1, -0.05) is 0 Å². The lowest BCUT2D eigenvalue weighted by molar-refractivity contribution is -0.130. The predicted octanol–water partition coefficient (Wildman–Crippen LogP) is 1.84. The summed E-state index contributed by atoms with van der Waals surface area (Å²) < 4.78 is 5.20. The van der Waals surface area contributed by atoms with E-state index in [4.69, 9.17) is 11.3 Å². The van der Waals surface area contributed by atoms with Crippen molar-refractivity contribution < 1.29 is 14.3 Å². The van der Waals surface area contributed by atoms with Gasteiger partial charge in [-0.05, 0) is 30.7 Å². The van der Waals surface area contributed by atoms with Crippen molar-refractivity contribution in [3.63, 3.8) is 0 Å². The average molecular weight is 338 g/mol. The molecule has 7 nitrogen and oxygen atoms in total. The van der Waals surface area contributed by atoms with Crippen molar-refractivity contribution in [2.75, 3.05) is 20.2 Å². The number of carbonyl (C=O) groups excluding carboxylic acids is 2. The number of hydrogen-bond donors (Lipinski definition) is 1. The number of rotatable bonds is 4. The SMILES string of the molecule is [C-]#[N+][C@@H]1CCCN1C(=O)CNC(=O)c1ccnc2ccc(OC)cc12. The van der Waals surface area contributed by atoms with Crippen LogP contribution in [0.1, 0.15) is 23.2 Å². The molecule has 0 aliphatic carbocycles. The van der Waals surface area contributed by atoms with Crippen LogP contribution in [0.4, 0.5) is 0 Å². The minimum Gasteiger partial charge on any atom is -0.497 e. The maximum Gasteiger partial charge on any atom is 0.300 e. The molecule has 2 amide bonds. The van der Waals surface area contributed by atoms with Gasteiger partial charge in [-0.3, -0.25) is 24.3 Å². The molecule has 1 aromatic heterocycles. The first-order chi connectivity index (χ1) is 12.1. The van der Waals surface area contributed by atoms with Crippen molar-refractivity contribution in [3.05, 3.63) is 47.4 Å². The Balaban J connectivity index is 1.74. The van der Waals surface area contributed by atoms with E-state index in [2.05, 4.69) is 15.1 Å². The third-order valence-electron chi connectivity index (χ3n) is 4.28. The third kappa shape index (κ3) is 3.38. The van der Waals surface area contributed by atoms with Crippen LogP contribution in [0, 0.1) is 6.57 Å². The number of benzene rings is 1. The summed E-state index contributed by atoms with van der Waals surface area (Å²) in [6.07, 6.45) is 2.66. The first-order valence-electron chi connectivity index (χ1n) is 8.01. The van der Waals surface area contributed by atoms with Crippen LogP contribution in [0.3, 0.4) is 0 Å². The Morgan fingerprint density at radius 2 is 2.28 bits per heavy atom. The van der Waals surface area contributed by atoms with Gasteiger partial charge in [0, 0.05) is 24.5 Å². The summed E-state index contributed by atoms with van der Waals surface area (Å²) in [6, 6.07) is 6.91. The molecule has 0 radical (unpaired) electrons. The van der Waals surface area contributed by atoms with Crippen LogP contribution in [-0.2, 0) is 4.79 Å². The molecule has 0 saturated carbocycles. The van der Waals surface area contributed by atoms with Crippen molar-refractivity contribution in [1.82, 2.24) is 15.2 Å². The zero-order valence-electron chi connectivity index (χ0n) is 13.9.